The summed E-state index contributed by atoms with van der Waals surface area (Å²) in [4.78, 5) is 22.2. The third kappa shape index (κ3) is 3.84. The van der Waals surface area contributed by atoms with Crippen molar-refractivity contribution >= 4 is 17.0 Å². The van der Waals surface area contributed by atoms with Gasteiger partial charge in [-0.15, -0.1) is 0 Å². The monoisotopic (exact) mass is 429 g/mol. The standard InChI is InChI=1S/C26H31N5O/c1-17-5-7-22-8-6-21(20-9-11-29(4)12-10-20)16-30(22)26(32)13-23(17)24-14-25-19(3)27-18(2)15-31(25)28-24/h6-8,13-17,20H,5,9-12H2,1-4H3. The van der Waals surface area contributed by atoms with E-state index in [1.807, 2.05) is 29.5 Å². The number of aromatic nitrogens is 3. The molecule has 0 aromatic carbocycles. The fourth-order valence-corrected chi connectivity index (χ4v) is 5.00. The molecule has 1 saturated heterocycles. The lowest BCUT2D eigenvalue weighted by molar-refractivity contribution is -0.122. The summed E-state index contributed by atoms with van der Waals surface area (Å²) in [5, 5.41) is 4.80. The SMILES string of the molecule is Cc1cn2nc(C3=CC(=O)N4C=C(C5CCN(C)CC5)C=CC4=CCC3C)cc2c(C)n1. The minimum Gasteiger partial charge on any atom is -0.306 e. The van der Waals surface area contributed by atoms with E-state index in [2.05, 4.69) is 54.3 Å². The van der Waals surface area contributed by atoms with Gasteiger partial charge in [0.2, 0.25) is 0 Å². The van der Waals surface area contributed by atoms with Crippen LogP contribution in [0.5, 0.6) is 0 Å². The van der Waals surface area contributed by atoms with Crippen LogP contribution in [0.4, 0.5) is 0 Å². The molecule has 3 aliphatic heterocycles. The van der Waals surface area contributed by atoms with E-state index in [-0.39, 0.29) is 11.8 Å². The Morgan fingerprint density at radius 1 is 1.12 bits per heavy atom. The smallest absolute Gasteiger partial charge is 0.255 e. The number of amides is 1. The van der Waals surface area contributed by atoms with Gasteiger partial charge in [-0.3, -0.25) is 14.7 Å². The van der Waals surface area contributed by atoms with Gasteiger partial charge in [0.15, 0.2) is 0 Å². The summed E-state index contributed by atoms with van der Waals surface area (Å²) in [6, 6.07) is 2.06. The Labute approximate surface area is 189 Å². The molecular formula is C26H31N5O. The minimum atomic E-state index is -0.00402. The highest BCUT2D eigenvalue weighted by Crippen LogP contribution is 2.34. The summed E-state index contributed by atoms with van der Waals surface area (Å²) in [6.07, 6.45) is 15.4. The first-order valence-electron chi connectivity index (χ1n) is 11.6. The second-order valence-corrected chi connectivity index (χ2v) is 9.44. The highest BCUT2D eigenvalue weighted by atomic mass is 16.2. The number of carbonyl (C=O) groups excluding carboxylic acids is 1. The van der Waals surface area contributed by atoms with Crippen molar-refractivity contribution in [2.45, 2.75) is 40.0 Å². The van der Waals surface area contributed by atoms with Crippen molar-refractivity contribution < 1.29 is 4.79 Å². The molecule has 5 rings (SSSR count). The summed E-state index contributed by atoms with van der Waals surface area (Å²) in [5.41, 5.74) is 6.93. The number of piperidine rings is 1. The molecule has 5 heterocycles. The Kier molecular flexibility index (Phi) is 5.33. The number of hydrogen-bond donors (Lipinski definition) is 0. The van der Waals surface area contributed by atoms with Crippen molar-refractivity contribution in [3.63, 3.8) is 0 Å². The largest absolute Gasteiger partial charge is 0.306 e. The summed E-state index contributed by atoms with van der Waals surface area (Å²) >= 11 is 0. The zero-order valence-corrected chi connectivity index (χ0v) is 19.4. The molecular weight excluding hydrogens is 398 g/mol. The van der Waals surface area contributed by atoms with Gasteiger partial charge in [0.1, 0.15) is 0 Å². The van der Waals surface area contributed by atoms with Crippen LogP contribution in [0.3, 0.4) is 0 Å². The third-order valence-corrected chi connectivity index (χ3v) is 6.98. The number of likely N-dealkylation sites (tertiary alicyclic amines) is 1. The zero-order chi connectivity index (χ0) is 22.4. The maximum atomic E-state index is 13.4. The Hall–Kier alpha value is -2.99. The summed E-state index contributed by atoms with van der Waals surface area (Å²) in [6.45, 7) is 8.35. The number of nitrogens with zero attached hydrogens (tertiary/aromatic N) is 5. The van der Waals surface area contributed by atoms with Gasteiger partial charge in [-0.05, 0) is 88.4 Å². The molecule has 0 aliphatic carbocycles. The topological polar surface area (TPSA) is 53.7 Å². The fourth-order valence-electron chi connectivity index (χ4n) is 5.00. The maximum absolute atomic E-state index is 13.4. The molecule has 2 aromatic rings. The molecule has 166 valence electrons. The second-order valence-electron chi connectivity index (χ2n) is 9.44. The summed E-state index contributed by atoms with van der Waals surface area (Å²) in [7, 11) is 2.18. The van der Waals surface area contributed by atoms with Crippen LogP contribution in [0.2, 0.25) is 0 Å². The highest BCUT2D eigenvalue weighted by molar-refractivity contribution is 5.98. The number of hydrogen-bond acceptors (Lipinski definition) is 4. The van der Waals surface area contributed by atoms with Gasteiger partial charge in [-0.1, -0.05) is 19.1 Å². The average Bonchev–Trinajstić information content (AvgIpc) is 3.19. The van der Waals surface area contributed by atoms with Crippen LogP contribution in [0.15, 0.2) is 54.0 Å². The van der Waals surface area contributed by atoms with E-state index >= 15 is 0 Å². The van der Waals surface area contributed by atoms with Crippen molar-refractivity contribution in [2.24, 2.45) is 11.8 Å². The maximum Gasteiger partial charge on any atom is 0.255 e. The number of rotatable bonds is 2. The summed E-state index contributed by atoms with van der Waals surface area (Å²) < 4.78 is 1.88. The van der Waals surface area contributed by atoms with Crippen molar-refractivity contribution in [1.82, 2.24) is 24.4 Å². The van der Waals surface area contributed by atoms with Gasteiger partial charge >= 0.3 is 0 Å². The van der Waals surface area contributed by atoms with E-state index in [1.165, 1.54) is 5.57 Å². The van der Waals surface area contributed by atoms with Crippen LogP contribution in [0.25, 0.3) is 11.1 Å². The van der Waals surface area contributed by atoms with Crippen LogP contribution in [-0.4, -0.2) is 50.4 Å². The van der Waals surface area contributed by atoms with Gasteiger partial charge in [0.05, 0.1) is 28.8 Å². The number of aryl methyl sites for hydroxylation is 2. The average molecular weight is 430 g/mol. The number of allylic oxidation sites excluding steroid dienone is 5. The lowest BCUT2D eigenvalue weighted by atomic mass is 9.87. The van der Waals surface area contributed by atoms with Gasteiger partial charge in [-0.25, -0.2) is 4.52 Å². The molecule has 1 amide bonds. The Bertz CT molecular complexity index is 1190. The second kappa shape index (κ2) is 8.17. The molecule has 0 spiro atoms. The van der Waals surface area contributed by atoms with Crippen LogP contribution < -0.4 is 0 Å². The Balaban J connectivity index is 1.48. The van der Waals surface area contributed by atoms with E-state index in [0.29, 0.717) is 5.92 Å². The first-order valence-corrected chi connectivity index (χ1v) is 11.6. The van der Waals surface area contributed by atoms with Crippen LogP contribution in [-0.2, 0) is 4.79 Å². The molecule has 0 bridgehead atoms. The zero-order valence-electron chi connectivity index (χ0n) is 19.4. The van der Waals surface area contributed by atoms with E-state index in [0.717, 1.165) is 66.2 Å². The van der Waals surface area contributed by atoms with Crippen LogP contribution >= 0.6 is 0 Å². The predicted molar refractivity (Wildman–Crippen MR) is 127 cm³/mol. The van der Waals surface area contributed by atoms with E-state index in [9.17, 15) is 4.79 Å². The van der Waals surface area contributed by atoms with Gasteiger partial charge < -0.3 is 4.90 Å². The molecule has 6 nitrogen and oxygen atoms in total. The molecule has 2 aromatic heterocycles. The Morgan fingerprint density at radius 3 is 2.69 bits per heavy atom. The molecule has 0 saturated carbocycles. The fraction of sp³-hybridized carbons (Fsp3) is 0.423. The van der Waals surface area contributed by atoms with Crippen molar-refractivity contribution in [3.05, 3.63) is 71.1 Å². The molecule has 1 atom stereocenters. The third-order valence-electron chi connectivity index (χ3n) is 6.98. The molecule has 32 heavy (non-hydrogen) atoms. The minimum absolute atomic E-state index is 0.00402. The molecule has 3 aliphatic rings. The van der Waals surface area contributed by atoms with Crippen LogP contribution in [0, 0.1) is 25.7 Å². The van der Waals surface area contributed by atoms with Gasteiger partial charge in [0, 0.05) is 18.0 Å². The van der Waals surface area contributed by atoms with Crippen molar-refractivity contribution in [3.8, 4) is 0 Å². The lowest BCUT2D eigenvalue weighted by Gasteiger charge is -2.33. The quantitative estimate of drug-likeness (QED) is 0.715. The lowest BCUT2D eigenvalue weighted by Crippen LogP contribution is -2.32. The molecule has 1 fully saturated rings. The molecule has 0 N–H and O–H groups in total. The molecule has 0 radical (unpaired) electrons. The highest BCUT2D eigenvalue weighted by Gasteiger charge is 2.27. The Morgan fingerprint density at radius 2 is 1.91 bits per heavy atom. The normalized spacial score (nSPS) is 22.9. The van der Waals surface area contributed by atoms with Crippen molar-refractivity contribution in [2.75, 3.05) is 20.1 Å². The first-order chi connectivity index (χ1) is 15.4. The van der Waals surface area contributed by atoms with E-state index in [1.54, 1.807) is 6.08 Å². The number of carbonyl (C=O) groups is 1. The number of fused-ring (bicyclic) bond motifs is 2. The van der Waals surface area contributed by atoms with Crippen molar-refractivity contribution in [1.29, 1.82) is 0 Å². The predicted octanol–water partition coefficient (Wildman–Crippen LogP) is 4.28. The molecule has 1 unspecified atom stereocenters. The molecule has 6 heteroatoms. The van der Waals surface area contributed by atoms with E-state index < -0.39 is 0 Å². The first kappa shape index (κ1) is 20.9. The van der Waals surface area contributed by atoms with Gasteiger partial charge in [0.25, 0.3) is 5.91 Å². The van der Waals surface area contributed by atoms with Gasteiger partial charge in [-0.2, -0.15) is 5.10 Å². The summed E-state index contributed by atoms with van der Waals surface area (Å²) in [5.74, 6) is 0.706. The van der Waals surface area contributed by atoms with Crippen LogP contribution in [0.1, 0.15) is 43.3 Å². The van der Waals surface area contributed by atoms with E-state index in [4.69, 9.17) is 5.10 Å².